The smallest absolute Gasteiger partial charge is 0.320 e. The topological polar surface area (TPSA) is 51.0 Å². The summed E-state index contributed by atoms with van der Waals surface area (Å²) in [7, 11) is 0. The monoisotopic (exact) mass is 383 g/mol. The first-order chi connectivity index (χ1) is 8.19. The van der Waals surface area contributed by atoms with Gasteiger partial charge in [0.25, 0.3) is 0 Å². The number of halogens is 3. The van der Waals surface area contributed by atoms with E-state index in [1.165, 1.54) is 0 Å². The third-order valence-corrected chi connectivity index (χ3v) is 3.26. The van der Waals surface area contributed by atoms with Crippen LogP contribution in [0.3, 0.4) is 0 Å². The molecular formula is C10H8Cl2IN3O. The van der Waals surface area contributed by atoms with Gasteiger partial charge < -0.3 is 9.73 Å². The van der Waals surface area contributed by atoms with Crippen LogP contribution in [0.2, 0.25) is 5.02 Å². The van der Waals surface area contributed by atoms with Gasteiger partial charge in [-0.2, -0.15) is 0 Å². The molecule has 2 rings (SSSR count). The second-order valence-corrected chi connectivity index (χ2v) is 5.17. The van der Waals surface area contributed by atoms with Gasteiger partial charge in [0.2, 0.25) is 5.89 Å². The summed E-state index contributed by atoms with van der Waals surface area (Å²) in [6.45, 7) is 0. The van der Waals surface area contributed by atoms with E-state index in [1.807, 2.05) is 12.1 Å². The summed E-state index contributed by atoms with van der Waals surface area (Å²) < 4.78 is 6.34. The van der Waals surface area contributed by atoms with Crippen molar-refractivity contribution in [2.24, 2.45) is 0 Å². The Hall–Kier alpha value is -0.530. The highest BCUT2D eigenvalue weighted by molar-refractivity contribution is 14.1. The molecule has 1 aromatic carbocycles. The minimum atomic E-state index is 0.352. The summed E-state index contributed by atoms with van der Waals surface area (Å²) in [5, 5.41) is 11.4. The van der Waals surface area contributed by atoms with E-state index in [0.717, 1.165) is 9.26 Å². The fraction of sp³-hybridized carbons (Fsp3) is 0.200. The van der Waals surface area contributed by atoms with Gasteiger partial charge in [0, 0.05) is 20.9 Å². The molecule has 1 N–H and O–H groups in total. The van der Waals surface area contributed by atoms with Crippen molar-refractivity contribution in [2.45, 2.75) is 6.42 Å². The van der Waals surface area contributed by atoms with Crippen LogP contribution in [0.5, 0.6) is 0 Å². The fourth-order valence-electron chi connectivity index (χ4n) is 1.19. The van der Waals surface area contributed by atoms with Crippen molar-refractivity contribution in [2.75, 3.05) is 11.2 Å². The SMILES string of the molecule is ClCCc1nnc(Nc2ccc(Cl)cc2I)o1. The minimum absolute atomic E-state index is 0.352. The minimum Gasteiger partial charge on any atom is -0.408 e. The Bertz CT molecular complexity index is 518. The van der Waals surface area contributed by atoms with Gasteiger partial charge in [-0.1, -0.05) is 16.7 Å². The summed E-state index contributed by atoms with van der Waals surface area (Å²) in [5.74, 6) is 0.978. The number of aryl methyl sites for hydroxylation is 1. The van der Waals surface area contributed by atoms with E-state index in [9.17, 15) is 0 Å². The molecular weight excluding hydrogens is 376 g/mol. The summed E-state index contributed by atoms with van der Waals surface area (Å²) in [4.78, 5) is 0. The van der Waals surface area contributed by atoms with Gasteiger partial charge in [0.1, 0.15) is 0 Å². The molecule has 0 saturated carbocycles. The predicted molar refractivity (Wildman–Crippen MR) is 76.2 cm³/mol. The van der Waals surface area contributed by atoms with Gasteiger partial charge in [-0.3, -0.25) is 0 Å². The number of hydrogen-bond donors (Lipinski definition) is 1. The molecule has 17 heavy (non-hydrogen) atoms. The maximum atomic E-state index is 5.87. The number of rotatable bonds is 4. The number of hydrogen-bond acceptors (Lipinski definition) is 4. The second kappa shape index (κ2) is 5.88. The highest BCUT2D eigenvalue weighted by atomic mass is 127. The van der Waals surface area contributed by atoms with E-state index in [0.29, 0.717) is 29.2 Å². The Morgan fingerprint density at radius 1 is 1.35 bits per heavy atom. The fourth-order valence-corrected chi connectivity index (χ4v) is 2.36. The Morgan fingerprint density at radius 3 is 2.88 bits per heavy atom. The van der Waals surface area contributed by atoms with Crippen LogP contribution in [0.1, 0.15) is 5.89 Å². The molecule has 0 spiro atoms. The number of aromatic nitrogens is 2. The van der Waals surface area contributed by atoms with Gasteiger partial charge in [0.05, 0.1) is 5.69 Å². The molecule has 1 heterocycles. The Balaban J connectivity index is 2.13. The van der Waals surface area contributed by atoms with Crippen LogP contribution in [-0.4, -0.2) is 16.1 Å². The molecule has 0 bridgehead atoms. The number of alkyl halides is 1. The molecule has 0 aliphatic carbocycles. The second-order valence-electron chi connectivity index (χ2n) is 3.19. The summed E-state index contributed by atoms with van der Waals surface area (Å²) in [5.41, 5.74) is 0.871. The Kier molecular flexibility index (Phi) is 4.47. The van der Waals surface area contributed by atoms with E-state index in [1.54, 1.807) is 6.07 Å². The molecule has 90 valence electrons. The Labute approximate surface area is 122 Å². The molecule has 2 aromatic rings. The van der Waals surface area contributed by atoms with Crippen molar-refractivity contribution in [3.05, 3.63) is 32.7 Å². The van der Waals surface area contributed by atoms with Crippen molar-refractivity contribution in [3.8, 4) is 0 Å². The lowest BCUT2D eigenvalue weighted by molar-refractivity contribution is 0.516. The first-order valence-corrected chi connectivity index (χ1v) is 6.78. The van der Waals surface area contributed by atoms with Crippen molar-refractivity contribution >= 4 is 57.5 Å². The van der Waals surface area contributed by atoms with Crippen molar-refractivity contribution in [3.63, 3.8) is 0 Å². The number of anilines is 2. The molecule has 0 saturated heterocycles. The van der Waals surface area contributed by atoms with Crippen molar-refractivity contribution < 1.29 is 4.42 Å². The van der Waals surface area contributed by atoms with Gasteiger partial charge >= 0.3 is 6.01 Å². The maximum Gasteiger partial charge on any atom is 0.320 e. The lowest BCUT2D eigenvalue weighted by atomic mass is 10.3. The lowest BCUT2D eigenvalue weighted by Crippen LogP contribution is -1.92. The molecule has 0 atom stereocenters. The van der Waals surface area contributed by atoms with Crippen LogP contribution >= 0.6 is 45.8 Å². The Morgan fingerprint density at radius 2 is 2.18 bits per heavy atom. The quantitative estimate of drug-likeness (QED) is 0.643. The molecule has 4 nitrogen and oxygen atoms in total. The van der Waals surface area contributed by atoms with E-state index in [-0.39, 0.29) is 0 Å². The largest absolute Gasteiger partial charge is 0.408 e. The highest BCUT2D eigenvalue weighted by Crippen LogP contribution is 2.25. The molecule has 0 aliphatic heterocycles. The first-order valence-electron chi connectivity index (χ1n) is 4.79. The predicted octanol–water partition coefficient (Wildman–Crippen LogP) is 3.85. The zero-order valence-electron chi connectivity index (χ0n) is 8.58. The zero-order chi connectivity index (χ0) is 12.3. The van der Waals surface area contributed by atoms with E-state index < -0.39 is 0 Å². The van der Waals surface area contributed by atoms with E-state index in [2.05, 4.69) is 38.1 Å². The van der Waals surface area contributed by atoms with Crippen LogP contribution < -0.4 is 5.32 Å². The number of nitrogens with zero attached hydrogens (tertiary/aromatic N) is 2. The summed E-state index contributed by atoms with van der Waals surface area (Å²) >= 11 is 13.6. The van der Waals surface area contributed by atoms with Crippen LogP contribution in [-0.2, 0) is 6.42 Å². The standard InChI is InChI=1S/C10H8Cl2IN3O/c11-4-3-9-15-16-10(17-9)14-8-2-1-6(12)5-7(8)13/h1-2,5H,3-4H2,(H,14,16). The molecule has 1 aromatic heterocycles. The first kappa shape index (κ1) is 12.9. The van der Waals surface area contributed by atoms with Gasteiger partial charge in [0.15, 0.2) is 0 Å². The molecule has 0 fully saturated rings. The molecule has 0 unspecified atom stereocenters. The molecule has 0 amide bonds. The van der Waals surface area contributed by atoms with Crippen LogP contribution in [0.15, 0.2) is 22.6 Å². The van der Waals surface area contributed by atoms with E-state index >= 15 is 0 Å². The highest BCUT2D eigenvalue weighted by Gasteiger charge is 2.07. The third kappa shape index (κ3) is 3.46. The number of nitrogens with one attached hydrogen (secondary N) is 1. The summed E-state index contributed by atoms with van der Waals surface area (Å²) in [6.07, 6.45) is 0.563. The molecule has 0 aliphatic rings. The van der Waals surface area contributed by atoms with Gasteiger partial charge in [-0.15, -0.1) is 16.7 Å². The molecule has 7 heteroatoms. The van der Waals surface area contributed by atoms with Crippen molar-refractivity contribution in [1.82, 2.24) is 10.2 Å². The van der Waals surface area contributed by atoms with Gasteiger partial charge in [-0.25, -0.2) is 0 Å². The third-order valence-electron chi connectivity index (χ3n) is 1.95. The van der Waals surface area contributed by atoms with Crippen LogP contribution in [0.25, 0.3) is 0 Å². The maximum absolute atomic E-state index is 5.87. The van der Waals surface area contributed by atoms with Gasteiger partial charge in [-0.05, 0) is 40.8 Å². The van der Waals surface area contributed by atoms with Crippen molar-refractivity contribution in [1.29, 1.82) is 0 Å². The normalized spacial score (nSPS) is 10.5. The zero-order valence-corrected chi connectivity index (χ0v) is 12.3. The van der Waals surface area contributed by atoms with Crippen LogP contribution in [0.4, 0.5) is 11.7 Å². The lowest BCUT2D eigenvalue weighted by Gasteiger charge is -2.04. The average molecular weight is 384 g/mol. The van der Waals surface area contributed by atoms with Crippen LogP contribution in [0, 0.1) is 3.57 Å². The van der Waals surface area contributed by atoms with E-state index in [4.69, 9.17) is 27.6 Å². The summed E-state index contributed by atoms with van der Waals surface area (Å²) in [6, 6.07) is 5.85. The molecule has 0 radical (unpaired) electrons. The number of benzene rings is 1. The average Bonchev–Trinajstić information content (AvgIpc) is 2.71.